The van der Waals surface area contributed by atoms with E-state index in [1.807, 2.05) is 48.5 Å². The van der Waals surface area contributed by atoms with Crippen molar-refractivity contribution in [2.45, 2.75) is 0 Å². The second-order valence-electron chi connectivity index (χ2n) is 12.0. The summed E-state index contributed by atoms with van der Waals surface area (Å²) >= 11 is 0. The lowest BCUT2D eigenvalue weighted by atomic mass is 9.96. The predicted molar refractivity (Wildman–Crippen MR) is 195 cm³/mol. The molecule has 0 amide bonds. The van der Waals surface area contributed by atoms with Crippen LogP contribution in [-0.4, -0.2) is 19.5 Å². The molecular formula is C43H26N4O. The number of furan rings is 1. The molecule has 0 N–H and O–H groups in total. The first-order valence-corrected chi connectivity index (χ1v) is 16.0. The summed E-state index contributed by atoms with van der Waals surface area (Å²) in [7, 11) is 0. The van der Waals surface area contributed by atoms with Crippen LogP contribution in [0, 0.1) is 0 Å². The largest absolute Gasteiger partial charge is 0.455 e. The van der Waals surface area contributed by atoms with E-state index >= 15 is 0 Å². The van der Waals surface area contributed by atoms with Crippen LogP contribution in [0.1, 0.15) is 0 Å². The van der Waals surface area contributed by atoms with Crippen molar-refractivity contribution in [2.24, 2.45) is 0 Å². The number of para-hydroxylation sites is 3. The number of aromatic nitrogens is 4. The Morgan fingerprint density at radius 3 is 1.77 bits per heavy atom. The van der Waals surface area contributed by atoms with Crippen LogP contribution in [0.3, 0.4) is 0 Å². The number of fused-ring (bicyclic) bond motifs is 8. The molecule has 7 aromatic carbocycles. The highest BCUT2D eigenvalue weighted by atomic mass is 16.3. The van der Waals surface area contributed by atoms with Gasteiger partial charge in [0.1, 0.15) is 11.2 Å². The van der Waals surface area contributed by atoms with E-state index in [1.54, 1.807) is 0 Å². The molecule has 0 unspecified atom stereocenters. The van der Waals surface area contributed by atoms with Crippen LogP contribution >= 0.6 is 0 Å². The van der Waals surface area contributed by atoms with E-state index in [1.165, 1.54) is 0 Å². The average Bonchev–Trinajstić information content (AvgIpc) is 3.72. The van der Waals surface area contributed by atoms with Gasteiger partial charge in [0.15, 0.2) is 11.6 Å². The van der Waals surface area contributed by atoms with E-state index in [0.29, 0.717) is 17.6 Å². The highest BCUT2D eigenvalue weighted by Gasteiger charge is 2.22. The van der Waals surface area contributed by atoms with Crippen LogP contribution in [0.5, 0.6) is 0 Å². The SMILES string of the molecule is c1ccc(-c2ccc3c(c2)cc(-c2nc(-c4ccccc4)nc(-n4c5ccccc5c5ccccc54)n2)c2c4ccccc4oc32)cc1. The van der Waals surface area contributed by atoms with E-state index in [9.17, 15) is 0 Å². The first-order chi connectivity index (χ1) is 23.8. The smallest absolute Gasteiger partial charge is 0.238 e. The quantitative estimate of drug-likeness (QED) is 0.198. The maximum absolute atomic E-state index is 6.63. The fraction of sp³-hybridized carbons (Fsp3) is 0. The maximum Gasteiger partial charge on any atom is 0.238 e. The second-order valence-corrected chi connectivity index (χ2v) is 12.0. The van der Waals surface area contributed by atoms with Gasteiger partial charge in [-0.05, 0) is 52.9 Å². The first-order valence-electron chi connectivity index (χ1n) is 16.0. The molecule has 0 spiro atoms. The van der Waals surface area contributed by atoms with Crippen molar-refractivity contribution < 1.29 is 4.42 Å². The van der Waals surface area contributed by atoms with Crippen molar-refractivity contribution in [3.05, 3.63) is 158 Å². The Morgan fingerprint density at radius 2 is 1.04 bits per heavy atom. The van der Waals surface area contributed by atoms with Gasteiger partial charge < -0.3 is 4.42 Å². The Bertz CT molecular complexity index is 2780. The molecule has 10 rings (SSSR count). The molecule has 0 aliphatic rings. The van der Waals surface area contributed by atoms with Gasteiger partial charge >= 0.3 is 0 Å². The lowest BCUT2D eigenvalue weighted by Crippen LogP contribution is -2.06. The summed E-state index contributed by atoms with van der Waals surface area (Å²) in [5.74, 6) is 1.76. The number of benzene rings is 7. The van der Waals surface area contributed by atoms with Gasteiger partial charge in [0.05, 0.1) is 11.0 Å². The van der Waals surface area contributed by atoms with Crippen molar-refractivity contribution in [3.63, 3.8) is 0 Å². The van der Waals surface area contributed by atoms with Crippen molar-refractivity contribution in [3.8, 4) is 39.9 Å². The lowest BCUT2D eigenvalue weighted by Gasteiger charge is -2.12. The Hall–Kier alpha value is -6.59. The molecule has 224 valence electrons. The molecule has 0 bridgehead atoms. The Balaban J connectivity index is 1.32. The Labute approximate surface area is 275 Å². The molecule has 5 heteroatoms. The molecule has 0 aliphatic carbocycles. The van der Waals surface area contributed by atoms with Gasteiger partial charge in [-0.25, -0.2) is 4.98 Å². The second kappa shape index (κ2) is 10.5. The third-order valence-corrected chi connectivity index (χ3v) is 9.24. The standard InChI is InChI=1S/C43H26N4O/c1-3-13-27(14-4-1)29-23-24-31-30(25-29)26-35(39-34-19-9-12-22-38(34)48-40(31)39)42-44-41(28-15-5-2-6-16-28)45-43(46-42)47-36-20-10-7-17-32(36)33-18-8-11-21-37(33)47/h1-26H. The minimum atomic E-state index is 0.565. The fourth-order valence-corrected chi connectivity index (χ4v) is 7.05. The summed E-state index contributed by atoms with van der Waals surface area (Å²) in [6.07, 6.45) is 0. The van der Waals surface area contributed by atoms with E-state index in [0.717, 1.165) is 76.8 Å². The molecule has 0 fully saturated rings. The van der Waals surface area contributed by atoms with E-state index in [4.69, 9.17) is 19.4 Å². The molecule has 0 saturated carbocycles. The molecule has 5 nitrogen and oxygen atoms in total. The third kappa shape index (κ3) is 4.08. The zero-order chi connectivity index (χ0) is 31.6. The molecular weight excluding hydrogens is 589 g/mol. The lowest BCUT2D eigenvalue weighted by molar-refractivity contribution is 0.672. The molecule has 3 heterocycles. The number of rotatable bonds is 4. The summed E-state index contributed by atoms with van der Waals surface area (Å²) in [6.45, 7) is 0. The predicted octanol–water partition coefficient (Wildman–Crippen LogP) is 11.0. The zero-order valence-corrected chi connectivity index (χ0v) is 25.7. The third-order valence-electron chi connectivity index (χ3n) is 9.24. The van der Waals surface area contributed by atoms with Crippen LogP contribution in [0.4, 0.5) is 0 Å². The fourth-order valence-electron chi connectivity index (χ4n) is 7.05. The normalized spacial score (nSPS) is 11.8. The topological polar surface area (TPSA) is 56.7 Å². The maximum atomic E-state index is 6.63. The molecule has 0 aliphatic heterocycles. The molecule has 0 atom stereocenters. The van der Waals surface area contributed by atoms with Crippen molar-refractivity contribution >= 4 is 54.5 Å². The molecule has 48 heavy (non-hydrogen) atoms. The number of hydrogen-bond acceptors (Lipinski definition) is 4. The molecule has 3 aromatic heterocycles. The average molecular weight is 615 g/mol. The minimum absolute atomic E-state index is 0.565. The van der Waals surface area contributed by atoms with Gasteiger partial charge in [0, 0.05) is 38.1 Å². The highest BCUT2D eigenvalue weighted by Crippen LogP contribution is 2.42. The van der Waals surface area contributed by atoms with Crippen LogP contribution in [0.2, 0.25) is 0 Å². The van der Waals surface area contributed by atoms with Crippen LogP contribution < -0.4 is 0 Å². The van der Waals surface area contributed by atoms with Crippen LogP contribution in [0.25, 0.3) is 94.4 Å². The van der Waals surface area contributed by atoms with Crippen molar-refractivity contribution in [2.75, 3.05) is 0 Å². The monoisotopic (exact) mass is 614 g/mol. The zero-order valence-electron chi connectivity index (χ0n) is 25.7. The van der Waals surface area contributed by atoms with E-state index in [2.05, 4.69) is 114 Å². The molecule has 10 aromatic rings. The Morgan fingerprint density at radius 1 is 0.438 bits per heavy atom. The van der Waals surface area contributed by atoms with Gasteiger partial charge in [0.2, 0.25) is 5.95 Å². The van der Waals surface area contributed by atoms with Gasteiger partial charge in [-0.3, -0.25) is 4.57 Å². The van der Waals surface area contributed by atoms with Gasteiger partial charge in [-0.2, -0.15) is 9.97 Å². The summed E-state index contributed by atoms with van der Waals surface area (Å²) in [5, 5.41) is 6.42. The number of nitrogens with zero attached hydrogens (tertiary/aromatic N) is 4. The van der Waals surface area contributed by atoms with Crippen LogP contribution in [0.15, 0.2) is 162 Å². The van der Waals surface area contributed by atoms with Crippen molar-refractivity contribution in [1.29, 1.82) is 0 Å². The van der Waals surface area contributed by atoms with Gasteiger partial charge in [-0.15, -0.1) is 0 Å². The van der Waals surface area contributed by atoms with E-state index < -0.39 is 0 Å². The first kappa shape index (κ1) is 26.6. The van der Waals surface area contributed by atoms with Crippen molar-refractivity contribution in [1.82, 2.24) is 19.5 Å². The minimum Gasteiger partial charge on any atom is -0.455 e. The molecule has 0 saturated heterocycles. The summed E-state index contributed by atoms with van der Waals surface area (Å²) in [4.78, 5) is 15.6. The Kier molecular flexibility index (Phi) is 5.81. The van der Waals surface area contributed by atoms with E-state index in [-0.39, 0.29) is 0 Å². The van der Waals surface area contributed by atoms with Gasteiger partial charge in [0.25, 0.3) is 0 Å². The van der Waals surface area contributed by atoms with Gasteiger partial charge in [-0.1, -0.05) is 121 Å². The molecule has 0 radical (unpaired) electrons. The highest BCUT2D eigenvalue weighted by molar-refractivity contribution is 6.21. The summed E-state index contributed by atoms with van der Waals surface area (Å²) in [6, 6.07) is 54.4. The number of hydrogen-bond donors (Lipinski definition) is 0. The summed E-state index contributed by atoms with van der Waals surface area (Å²) < 4.78 is 8.78. The van der Waals surface area contributed by atoms with Crippen LogP contribution in [-0.2, 0) is 0 Å². The summed E-state index contributed by atoms with van der Waals surface area (Å²) in [5.41, 5.74) is 7.84.